The molecule has 0 aromatic heterocycles. The monoisotopic (exact) mass is 328 g/mol. The molecular weight excluding hydrogens is 312 g/mol. The first-order chi connectivity index (χ1) is 11.4. The first-order valence-corrected chi connectivity index (χ1v) is 7.15. The third-order valence-corrected chi connectivity index (χ3v) is 3.42. The molecule has 7 nitrogen and oxygen atoms in total. The van der Waals surface area contributed by atoms with Gasteiger partial charge in [-0.1, -0.05) is 18.2 Å². The van der Waals surface area contributed by atoms with Crippen molar-refractivity contribution in [2.45, 2.75) is 13.3 Å². The van der Waals surface area contributed by atoms with Crippen LogP contribution in [0.25, 0.3) is 0 Å². The Morgan fingerprint density at radius 3 is 2.29 bits per heavy atom. The normalized spacial score (nSPS) is 11.6. The van der Waals surface area contributed by atoms with E-state index in [1.165, 1.54) is 24.3 Å². The van der Waals surface area contributed by atoms with Crippen molar-refractivity contribution in [3.63, 3.8) is 0 Å². The highest BCUT2D eigenvalue weighted by molar-refractivity contribution is 6.44. The minimum Gasteiger partial charge on any atom is -0.595 e. The van der Waals surface area contributed by atoms with Crippen molar-refractivity contribution in [1.82, 2.24) is 0 Å². The van der Waals surface area contributed by atoms with Crippen LogP contribution in [0.15, 0.2) is 48.5 Å². The number of rotatable bonds is 6. The zero-order chi connectivity index (χ0) is 17.7. The highest BCUT2D eigenvalue weighted by Gasteiger charge is 2.19. The van der Waals surface area contributed by atoms with Gasteiger partial charge in [-0.2, -0.15) is 5.23 Å². The van der Waals surface area contributed by atoms with Gasteiger partial charge in [-0.15, -0.1) is 0 Å². The molecule has 0 spiro atoms. The molecule has 24 heavy (non-hydrogen) atoms. The summed E-state index contributed by atoms with van der Waals surface area (Å²) >= 11 is 0. The molecule has 124 valence electrons. The molecule has 0 aliphatic heterocycles. The van der Waals surface area contributed by atoms with E-state index in [0.29, 0.717) is 5.69 Å². The molecule has 0 aliphatic carbocycles. The minimum absolute atomic E-state index is 0.0372. The number of Topliss-reactive ketones (excluding diaryl/α,β-unsaturated/α-hetero) is 2. The number of ketones is 2. The van der Waals surface area contributed by atoms with E-state index in [1.54, 1.807) is 31.2 Å². The summed E-state index contributed by atoms with van der Waals surface area (Å²) in [6.07, 6.45) is -0.579. The lowest BCUT2D eigenvalue weighted by molar-refractivity contribution is -0.991. The third-order valence-electron chi connectivity index (χ3n) is 3.42. The Hall–Kier alpha value is -2.87. The van der Waals surface area contributed by atoms with Crippen molar-refractivity contribution in [2.75, 3.05) is 5.32 Å². The number of benzene rings is 2. The summed E-state index contributed by atoms with van der Waals surface area (Å²) in [6, 6.07) is 12.2. The van der Waals surface area contributed by atoms with Crippen LogP contribution >= 0.6 is 0 Å². The lowest BCUT2D eigenvalue weighted by Gasteiger charge is -2.11. The van der Waals surface area contributed by atoms with E-state index < -0.39 is 29.1 Å². The maximum atomic E-state index is 12.0. The number of hydrogen-bond acceptors (Lipinski definition) is 5. The highest BCUT2D eigenvalue weighted by atomic mass is 16.8. The lowest BCUT2D eigenvalue weighted by atomic mass is 10.1. The Morgan fingerprint density at radius 1 is 1.08 bits per heavy atom. The first-order valence-electron chi connectivity index (χ1n) is 7.15. The molecule has 7 heteroatoms. The van der Waals surface area contributed by atoms with Crippen LogP contribution < -0.4 is 10.5 Å². The maximum Gasteiger partial charge on any atom is 0.292 e. The molecule has 0 saturated heterocycles. The van der Waals surface area contributed by atoms with E-state index in [4.69, 9.17) is 5.21 Å². The zero-order valence-corrected chi connectivity index (χ0v) is 12.9. The number of hydrogen-bond donors (Lipinski definition) is 3. The average Bonchev–Trinajstić information content (AvgIpc) is 2.56. The molecule has 0 bridgehead atoms. The quantitative estimate of drug-likeness (QED) is 0.319. The van der Waals surface area contributed by atoms with E-state index in [-0.39, 0.29) is 11.3 Å². The van der Waals surface area contributed by atoms with Crippen LogP contribution in [0.1, 0.15) is 22.3 Å². The minimum atomic E-state index is -1.11. The highest BCUT2D eigenvalue weighted by Crippen LogP contribution is 2.13. The molecule has 1 unspecified atom stereocenters. The van der Waals surface area contributed by atoms with E-state index >= 15 is 0 Å². The van der Waals surface area contributed by atoms with Crippen LogP contribution in [0.4, 0.5) is 11.4 Å². The fourth-order valence-corrected chi connectivity index (χ4v) is 2.03. The number of carbonyl (C=O) groups is 3. The van der Waals surface area contributed by atoms with Crippen LogP contribution in [-0.2, 0) is 9.59 Å². The first kappa shape index (κ1) is 17.5. The molecule has 0 aliphatic rings. The van der Waals surface area contributed by atoms with E-state index in [9.17, 15) is 19.6 Å². The molecule has 0 fully saturated rings. The lowest BCUT2D eigenvalue weighted by Crippen LogP contribution is -2.99. The van der Waals surface area contributed by atoms with Gasteiger partial charge in [0.05, 0.1) is 6.42 Å². The van der Waals surface area contributed by atoms with Gasteiger partial charge in [-0.3, -0.25) is 14.4 Å². The number of quaternary nitrogens is 1. The van der Waals surface area contributed by atoms with Crippen molar-refractivity contribution in [3.05, 3.63) is 64.9 Å². The van der Waals surface area contributed by atoms with Crippen LogP contribution in [0, 0.1) is 12.1 Å². The molecule has 1 amide bonds. The van der Waals surface area contributed by atoms with E-state index in [2.05, 4.69) is 5.32 Å². The summed E-state index contributed by atoms with van der Waals surface area (Å²) in [7, 11) is 0. The summed E-state index contributed by atoms with van der Waals surface area (Å²) in [5, 5.41) is 20.9. The van der Waals surface area contributed by atoms with Gasteiger partial charge in [0, 0.05) is 23.4 Å². The van der Waals surface area contributed by atoms with Gasteiger partial charge < -0.3 is 10.5 Å². The molecule has 0 heterocycles. The predicted octanol–water partition coefficient (Wildman–Crippen LogP) is 1.18. The van der Waals surface area contributed by atoms with Gasteiger partial charge in [-0.05, 0) is 30.7 Å². The second kappa shape index (κ2) is 7.60. The van der Waals surface area contributed by atoms with Crippen molar-refractivity contribution >= 4 is 28.8 Å². The van der Waals surface area contributed by atoms with Gasteiger partial charge in [0.25, 0.3) is 5.91 Å². The number of aryl methyl sites for hydroxylation is 1. The standard InChI is InChI=1S/C17H16N2O5/c1-11-4-2-3-5-14(11)18-17(22)16(21)10-15(20)12-6-8-13(9-7-12)19(23)24/h2-9,19,23H,10H2,1H3,(H,18,22). The van der Waals surface area contributed by atoms with Gasteiger partial charge in [0.15, 0.2) is 11.5 Å². The van der Waals surface area contributed by atoms with Gasteiger partial charge in [-0.25, -0.2) is 5.21 Å². The molecule has 0 saturated carbocycles. The molecule has 2 rings (SSSR count). The van der Waals surface area contributed by atoms with Crippen LogP contribution in [0.3, 0.4) is 0 Å². The number of para-hydroxylation sites is 1. The number of anilines is 1. The van der Waals surface area contributed by atoms with Crippen molar-refractivity contribution in [3.8, 4) is 0 Å². The number of nitrogens with one attached hydrogen (secondary N) is 2. The largest absolute Gasteiger partial charge is 0.595 e. The molecule has 1 atom stereocenters. The van der Waals surface area contributed by atoms with Crippen molar-refractivity contribution in [1.29, 1.82) is 0 Å². The summed E-state index contributed by atoms with van der Waals surface area (Å²) in [6.45, 7) is 1.79. The summed E-state index contributed by atoms with van der Waals surface area (Å²) < 4.78 is 0. The molecular formula is C17H16N2O5. The fourth-order valence-electron chi connectivity index (χ4n) is 2.03. The topological polar surface area (TPSA) is 111 Å². The zero-order valence-electron chi connectivity index (χ0n) is 12.9. The average molecular weight is 328 g/mol. The Bertz CT molecular complexity index is 769. The molecule has 0 radical (unpaired) electrons. The van der Waals surface area contributed by atoms with Gasteiger partial charge in [0.1, 0.15) is 0 Å². The number of amides is 1. The van der Waals surface area contributed by atoms with Crippen molar-refractivity contribution < 1.29 is 24.8 Å². The molecule has 3 N–H and O–H groups in total. The third kappa shape index (κ3) is 4.32. The Labute approximate surface area is 138 Å². The second-order valence-electron chi connectivity index (χ2n) is 5.17. The fraction of sp³-hybridized carbons (Fsp3) is 0.118. The van der Waals surface area contributed by atoms with Crippen LogP contribution in [0.5, 0.6) is 0 Å². The molecule has 2 aromatic rings. The van der Waals surface area contributed by atoms with E-state index in [0.717, 1.165) is 5.56 Å². The second-order valence-corrected chi connectivity index (χ2v) is 5.17. The van der Waals surface area contributed by atoms with Gasteiger partial charge in [0.2, 0.25) is 5.78 Å². The smallest absolute Gasteiger partial charge is 0.292 e. The van der Waals surface area contributed by atoms with Crippen LogP contribution in [0.2, 0.25) is 0 Å². The van der Waals surface area contributed by atoms with Crippen LogP contribution in [-0.4, -0.2) is 22.7 Å². The summed E-state index contributed by atoms with van der Waals surface area (Å²) in [5.74, 6) is -2.26. The molecule has 2 aromatic carbocycles. The Balaban J connectivity index is 1.99. The SMILES string of the molecule is Cc1ccccc1NC(=O)C(=O)CC(=O)c1ccc([NH+]([O-])O)cc1. The van der Waals surface area contributed by atoms with E-state index in [1.807, 2.05) is 0 Å². The summed E-state index contributed by atoms with van der Waals surface area (Å²) in [5.41, 5.74) is 1.52. The summed E-state index contributed by atoms with van der Waals surface area (Å²) in [4.78, 5) is 35.8. The predicted molar refractivity (Wildman–Crippen MR) is 86.0 cm³/mol. The Kier molecular flexibility index (Phi) is 5.54. The van der Waals surface area contributed by atoms with Gasteiger partial charge >= 0.3 is 0 Å². The Morgan fingerprint density at radius 2 is 1.71 bits per heavy atom. The van der Waals surface area contributed by atoms with Crippen molar-refractivity contribution in [2.24, 2.45) is 0 Å². The number of carbonyl (C=O) groups excluding carboxylic acids is 3. The maximum absolute atomic E-state index is 12.0.